The molecule has 1 aliphatic heterocycles. The number of rotatable bonds is 4. The van der Waals surface area contributed by atoms with Crippen molar-refractivity contribution in [1.82, 2.24) is 4.90 Å². The van der Waals surface area contributed by atoms with Crippen molar-refractivity contribution in [2.24, 2.45) is 5.73 Å². The van der Waals surface area contributed by atoms with Gasteiger partial charge in [0.25, 0.3) is 0 Å². The van der Waals surface area contributed by atoms with Crippen molar-refractivity contribution in [3.8, 4) is 0 Å². The summed E-state index contributed by atoms with van der Waals surface area (Å²) in [7, 11) is 0. The highest BCUT2D eigenvalue weighted by atomic mass is 32.1. The minimum Gasteiger partial charge on any atom is -0.370 e. The quantitative estimate of drug-likeness (QED) is 0.941. The Morgan fingerprint density at radius 1 is 1.37 bits per heavy atom. The molecule has 0 aromatic carbocycles. The van der Waals surface area contributed by atoms with Crippen LogP contribution in [0.2, 0.25) is 0 Å². The second-order valence-electron chi connectivity index (χ2n) is 4.72. The fourth-order valence-electron chi connectivity index (χ4n) is 2.64. The van der Waals surface area contributed by atoms with E-state index in [1.54, 1.807) is 11.3 Å². The Labute approximate surface area is 120 Å². The van der Waals surface area contributed by atoms with Crippen molar-refractivity contribution < 1.29 is 4.79 Å². The summed E-state index contributed by atoms with van der Waals surface area (Å²) in [6.07, 6.45) is 1.51. The van der Waals surface area contributed by atoms with Crippen LogP contribution in [0.3, 0.4) is 0 Å². The molecule has 0 saturated carbocycles. The van der Waals surface area contributed by atoms with Gasteiger partial charge in [0.1, 0.15) is 0 Å². The van der Waals surface area contributed by atoms with Gasteiger partial charge in [-0.2, -0.15) is 0 Å². The molecule has 0 unspecified atom stereocenters. The molecule has 3 nitrogen and oxygen atoms in total. The van der Waals surface area contributed by atoms with Gasteiger partial charge in [-0.05, 0) is 34.9 Å². The molecule has 100 valence electrons. The van der Waals surface area contributed by atoms with Gasteiger partial charge in [-0.1, -0.05) is 6.07 Å². The molecule has 2 N–H and O–H groups in total. The topological polar surface area (TPSA) is 46.3 Å². The fraction of sp³-hybridized carbons (Fsp3) is 0.357. The Morgan fingerprint density at radius 2 is 2.26 bits per heavy atom. The number of thiophene rings is 2. The monoisotopic (exact) mass is 292 g/mol. The second-order valence-corrected chi connectivity index (χ2v) is 6.70. The molecular weight excluding hydrogens is 276 g/mol. The first kappa shape index (κ1) is 12.8. The van der Waals surface area contributed by atoms with E-state index in [0.717, 1.165) is 19.5 Å². The number of nitrogens with two attached hydrogens (primary N) is 1. The Balaban J connectivity index is 1.90. The lowest BCUT2D eigenvalue weighted by atomic mass is 9.98. The van der Waals surface area contributed by atoms with Crippen LogP contribution in [0.4, 0.5) is 0 Å². The molecule has 1 atom stereocenters. The summed E-state index contributed by atoms with van der Waals surface area (Å²) in [6.45, 7) is 1.75. The van der Waals surface area contributed by atoms with E-state index < -0.39 is 0 Å². The number of amides is 1. The SMILES string of the molecule is NC(=O)CCN1CCc2sccc2[C@H]1c1cccs1. The maximum atomic E-state index is 11.0. The van der Waals surface area contributed by atoms with Crippen LogP contribution >= 0.6 is 22.7 Å². The highest BCUT2D eigenvalue weighted by Gasteiger charge is 2.30. The summed E-state index contributed by atoms with van der Waals surface area (Å²) in [5.74, 6) is -0.221. The van der Waals surface area contributed by atoms with Gasteiger partial charge in [-0.15, -0.1) is 22.7 Å². The second kappa shape index (κ2) is 5.45. The lowest BCUT2D eigenvalue weighted by molar-refractivity contribution is -0.118. The van der Waals surface area contributed by atoms with Crippen molar-refractivity contribution in [2.45, 2.75) is 18.9 Å². The maximum absolute atomic E-state index is 11.0. The molecular formula is C14H16N2OS2. The molecule has 0 aliphatic carbocycles. The third-order valence-electron chi connectivity index (χ3n) is 3.52. The molecule has 2 aromatic rings. The first-order chi connectivity index (χ1) is 9.25. The zero-order valence-corrected chi connectivity index (χ0v) is 12.2. The molecule has 2 aromatic heterocycles. The van der Waals surface area contributed by atoms with Gasteiger partial charge < -0.3 is 5.73 Å². The molecule has 5 heteroatoms. The van der Waals surface area contributed by atoms with Crippen LogP contribution in [-0.2, 0) is 11.2 Å². The van der Waals surface area contributed by atoms with Gasteiger partial charge in [-0.25, -0.2) is 0 Å². The average Bonchev–Trinajstić information content (AvgIpc) is 3.06. The van der Waals surface area contributed by atoms with E-state index in [1.807, 2.05) is 11.3 Å². The number of hydrogen-bond donors (Lipinski definition) is 1. The zero-order valence-electron chi connectivity index (χ0n) is 10.5. The molecule has 3 rings (SSSR count). The number of carbonyl (C=O) groups excluding carboxylic acids is 1. The largest absolute Gasteiger partial charge is 0.370 e. The van der Waals surface area contributed by atoms with Gasteiger partial charge in [0, 0.05) is 29.3 Å². The standard InChI is InChI=1S/C14H16N2OS2/c15-13(17)4-7-16-6-3-11-10(5-9-19-11)14(16)12-2-1-8-18-12/h1-2,5,8-9,14H,3-4,6-7H2,(H2,15,17)/t14-/m0/s1. The minimum absolute atomic E-state index is 0.221. The van der Waals surface area contributed by atoms with Crippen molar-refractivity contribution in [1.29, 1.82) is 0 Å². The molecule has 0 bridgehead atoms. The van der Waals surface area contributed by atoms with E-state index in [1.165, 1.54) is 15.3 Å². The van der Waals surface area contributed by atoms with Crippen LogP contribution in [-0.4, -0.2) is 23.9 Å². The van der Waals surface area contributed by atoms with E-state index in [4.69, 9.17) is 5.73 Å². The van der Waals surface area contributed by atoms with E-state index in [9.17, 15) is 4.79 Å². The highest BCUT2D eigenvalue weighted by Crippen LogP contribution is 2.39. The van der Waals surface area contributed by atoms with E-state index in [-0.39, 0.29) is 5.91 Å². The Kier molecular flexibility index (Phi) is 3.68. The maximum Gasteiger partial charge on any atom is 0.218 e. The van der Waals surface area contributed by atoms with E-state index in [2.05, 4.69) is 33.9 Å². The molecule has 0 radical (unpaired) electrons. The van der Waals surface area contributed by atoms with Crippen LogP contribution in [0, 0.1) is 0 Å². The van der Waals surface area contributed by atoms with Crippen molar-refractivity contribution in [3.05, 3.63) is 44.3 Å². The normalized spacial score (nSPS) is 19.3. The fourth-order valence-corrected chi connectivity index (χ4v) is 4.42. The van der Waals surface area contributed by atoms with Gasteiger partial charge in [0.05, 0.1) is 6.04 Å². The van der Waals surface area contributed by atoms with Crippen molar-refractivity contribution in [3.63, 3.8) is 0 Å². The summed E-state index contributed by atoms with van der Waals surface area (Å²) in [6, 6.07) is 6.79. The van der Waals surface area contributed by atoms with Crippen LogP contribution < -0.4 is 5.73 Å². The predicted octanol–water partition coefficient (Wildman–Crippen LogP) is 2.63. The molecule has 3 heterocycles. The first-order valence-corrected chi connectivity index (χ1v) is 8.13. The number of carbonyl (C=O) groups is 1. The average molecular weight is 292 g/mol. The van der Waals surface area contributed by atoms with Gasteiger partial charge in [0.2, 0.25) is 5.91 Å². The molecule has 19 heavy (non-hydrogen) atoms. The van der Waals surface area contributed by atoms with E-state index >= 15 is 0 Å². The van der Waals surface area contributed by atoms with Gasteiger partial charge in [-0.3, -0.25) is 9.69 Å². The molecule has 0 fully saturated rings. The molecule has 1 aliphatic rings. The minimum atomic E-state index is -0.221. The molecule has 0 saturated heterocycles. The summed E-state index contributed by atoms with van der Waals surface area (Å²) < 4.78 is 0. The van der Waals surface area contributed by atoms with Crippen LogP contribution in [0.5, 0.6) is 0 Å². The zero-order chi connectivity index (χ0) is 13.2. The third-order valence-corrected chi connectivity index (χ3v) is 5.45. The number of fused-ring (bicyclic) bond motifs is 1. The Bertz CT molecular complexity index is 562. The summed E-state index contributed by atoms with van der Waals surface area (Å²) in [4.78, 5) is 16.2. The van der Waals surface area contributed by atoms with Crippen molar-refractivity contribution in [2.75, 3.05) is 13.1 Å². The summed E-state index contributed by atoms with van der Waals surface area (Å²) in [5.41, 5.74) is 6.69. The lowest BCUT2D eigenvalue weighted by Crippen LogP contribution is -2.37. The lowest BCUT2D eigenvalue weighted by Gasteiger charge is -2.35. The van der Waals surface area contributed by atoms with Gasteiger partial charge >= 0.3 is 0 Å². The first-order valence-electron chi connectivity index (χ1n) is 6.37. The number of hydrogen-bond acceptors (Lipinski definition) is 4. The third kappa shape index (κ3) is 2.59. The molecule has 0 spiro atoms. The predicted molar refractivity (Wildman–Crippen MR) is 79.6 cm³/mol. The Hall–Kier alpha value is -1.17. The highest BCUT2D eigenvalue weighted by molar-refractivity contribution is 7.10. The van der Waals surface area contributed by atoms with Crippen LogP contribution in [0.25, 0.3) is 0 Å². The summed E-state index contributed by atoms with van der Waals surface area (Å²) >= 11 is 3.62. The van der Waals surface area contributed by atoms with Crippen molar-refractivity contribution >= 4 is 28.6 Å². The number of nitrogens with zero attached hydrogens (tertiary/aromatic N) is 1. The smallest absolute Gasteiger partial charge is 0.218 e. The van der Waals surface area contributed by atoms with Crippen LogP contribution in [0.1, 0.15) is 27.8 Å². The van der Waals surface area contributed by atoms with Crippen LogP contribution in [0.15, 0.2) is 29.0 Å². The van der Waals surface area contributed by atoms with E-state index in [0.29, 0.717) is 12.5 Å². The summed E-state index contributed by atoms with van der Waals surface area (Å²) in [5, 5.41) is 4.28. The number of primary amides is 1. The molecule has 1 amide bonds. The van der Waals surface area contributed by atoms with Gasteiger partial charge in [0.15, 0.2) is 0 Å². The Morgan fingerprint density at radius 3 is 3.00 bits per heavy atom.